The molecule has 1 heterocycles. The first-order valence-corrected chi connectivity index (χ1v) is 7.21. The van der Waals surface area contributed by atoms with Crippen molar-refractivity contribution >= 4 is 29.0 Å². The van der Waals surface area contributed by atoms with Gasteiger partial charge in [0.25, 0.3) is 0 Å². The third kappa shape index (κ3) is 4.16. The molecular formula is C13H23N3O2S. The Balaban J connectivity index is 2.56. The van der Waals surface area contributed by atoms with Crippen LogP contribution >= 0.6 is 12.2 Å². The molecule has 0 aromatic rings. The Labute approximate surface area is 119 Å². The lowest BCUT2D eigenvalue weighted by atomic mass is 9.94. The highest BCUT2D eigenvalue weighted by Crippen LogP contribution is 2.20. The van der Waals surface area contributed by atoms with E-state index in [1.807, 2.05) is 6.92 Å². The normalized spacial score (nSPS) is 17.9. The molecule has 0 aromatic carbocycles. The van der Waals surface area contributed by atoms with Gasteiger partial charge in [0.05, 0.1) is 10.9 Å². The van der Waals surface area contributed by atoms with E-state index in [9.17, 15) is 9.59 Å². The first-order chi connectivity index (χ1) is 9.01. The number of nitrogens with one attached hydrogen (secondary N) is 1. The molecule has 1 aliphatic heterocycles. The van der Waals surface area contributed by atoms with Gasteiger partial charge >= 0.3 is 0 Å². The van der Waals surface area contributed by atoms with Crippen LogP contribution in [0.25, 0.3) is 0 Å². The van der Waals surface area contributed by atoms with Crippen LogP contribution in [0.1, 0.15) is 32.6 Å². The molecule has 108 valence electrons. The first-order valence-electron chi connectivity index (χ1n) is 6.80. The number of nitrogens with two attached hydrogens (primary N) is 1. The quantitative estimate of drug-likeness (QED) is 0.728. The largest absolute Gasteiger partial charge is 0.393 e. The molecule has 1 unspecified atom stereocenters. The van der Waals surface area contributed by atoms with Gasteiger partial charge < -0.3 is 16.0 Å². The summed E-state index contributed by atoms with van der Waals surface area (Å²) in [6.07, 6.45) is 3.00. The Kier molecular flexibility index (Phi) is 6.21. The zero-order valence-electron chi connectivity index (χ0n) is 11.6. The van der Waals surface area contributed by atoms with Crippen molar-refractivity contribution in [3.8, 4) is 0 Å². The molecule has 1 rings (SSSR count). The lowest BCUT2D eigenvalue weighted by Gasteiger charge is -2.33. The topological polar surface area (TPSA) is 75.4 Å². The third-order valence-corrected chi connectivity index (χ3v) is 3.93. The molecule has 0 saturated carbocycles. The summed E-state index contributed by atoms with van der Waals surface area (Å²) >= 11 is 4.98. The van der Waals surface area contributed by atoms with Gasteiger partial charge in [0.2, 0.25) is 11.8 Å². The van der Waals surface area contributed by atoms with Crippen LogP contribution in [-0.4, -0.2) is 41.8 Å². The first kappa shape index (κ1) is 15.9. The molecule has 2 amide bonds. The van der Waals surface area contributed by atoms with Gasteiger partial charge in [-0.05, 0) is 19.3 Å². The Morgan fingerprint density at radius 1 is 1.42 bits per heavy atom. The predicted molar refractivity (Wildman–Crippen MR) is 78.6 cm³/mol. The average Bonchev–Trinajstić information content (AvgIpc) is 2.43. The lowest BCUT2D eigenvalue weighted by Crippen LogP contribution is -2.46. The highest BCUT2D eigenvalue weighted by molar-refractivity contribution is 7.80. The van der Waals surface area contributed by atoms with Crippen molar-refractivity contribution in [3.05, 3.63) is 0 Å². The number of amides is 2. The molecule has 1 aliphatic rings. The van der Waals surface area contributed by atoms with Crippen LogP contribution in [0.2, 0.25) is 0 Å². The molecule has 0 spiro atoms. The number of hydrogen-bond donors (Lipinski definition) is 2. The molecule has 1 fully saturated rings. The second-order valence-electron chi connectivity index (χ2n) is 4.96. The van der Waals surface area contributed by atoms with E-state index in [0.29, 0.717) is 32.4 Å². The van der Waals surface area contributed by atoms with Crippen molar-refractivity contribution < 1.29 is 9.59 Å². The van der Waals surface area contributed by atoms with Gasteiger partial charge in [-0.1, -0.05) is 25.6 Å². The van der Waals surface area contributed by atoms with E-state index in [2.05, 4.69) is 5.32 Å². The maximum absolute atomic E-state index is 12.3. The van der Waals surface area contributed by atoms with Crippen molar-refractivity contribution in [2.24, 2.45) is 17.6 Å². The van der Waals surface area contributed by atoms with Crippen molar-refractivity contribution in [2.45, 2.75) is 32.6 Å². The number of carbonyl (C=O) groups is 2. The average molecular weight is 285 g/mol. The second kappa shape index (κ2) is 7.43. The van der Waals surface area contributed by atoms with Gasteiger partial charge in [0.1, 0.15) is 0 Å². The monoisotopic (exact) mass is 285 g/mol. The van der Waals surface area contributed by atoms with E-state index in [4.69, 9.17) is 18.0 Å². The summed E-state index contributed by atoms with van der Waals surface area (Å²) in [5.74, 6) is -0.253. The number of hydrogen-bond acceptors (Lipinski definition) is 3. The molecule has 1 saturated heterocycles. The summed E-state index contributed by atoms with van der Waals surface area (Å²) in [6, 6.07) is 0. The van der Waals surface area contributed by atoms with Gasteiger partial charge in [-0.15, -0.1) is 0 Å². The minimum Gasteiger partial charge on any atom is -0.393 e. The zero-order chi connectivity index (χ0) is 14.4. The molecule has 0 aromatic heterocycles. The van der Waals surface area contributed by atoms with Gasteiger partial charge in [-0.3, -0.25) is 9.59 Å². The maximum atomic E-state index is 12.3. The summed E-state index contributed by atoms with van der Waals surface area (Å²) in [4.78, 5) is 25.9. The predicted octanol–water partition coefficient (Wildman–Crippen LogP) is 0.673. The minimum atomic E-state index is -0.350. The zero-order valence-corrected chi connectivity index (χ0v) is 12.5. The second-order valence-corrected chi connectivity index (χ2v) is 5.43. The SMILES string of the molecule is CCCC(C(=O)N1CCC(C(=O)NC)CC1)C(N)=S. The molecule has 19 heavy (non-hydrogen) atoms. The van der Waals surface area contributed by atoms with E-state index >= 15 is 0 Å². The summed E-state index contributed by atoms with van der Waals surface area (Å²) in [6.45, 7) is 3.23. The van der Waals surface area contributed by atoms with E-state index in [1.54, 1.807) is 11.9 Å². The highest BCUT2D eigenvalue weighted by atomic mass is 32.1. The standard InChI is InChI=1S/C13H23N3O2S/c1-3-4-10(11(14)19)13(18)16-7-5-9(6-8-16)12(17)15-2/h9-10H,3-8H2,1-2H3,(H2,14,19)(H,15,17). The van der Waals surface area contributed by atoms with Crippen LogP contribution in [-0.2, 0) is 9.59 Å². The Bertz CT molecular complexity index is 352. The van der Waals surface area contributed by atoms with Crippen LogP contribution in [0.3, 0.4) is 0 Å². The smallest absolute Gasteiger partial charge is 0.232 e. The van der Waals surface area contributed by atoms with E-state index in [-0.39, 0.29) is 28.6 Å². The van der Waals surface area contributed by atoms with Crippen molar-refractivity contribution in [1.82, 2.24) is 10.2 Å². The number of piperidine rings is 1. The fourth-order valence-corrected chi connectivity index (χ4v) is 2.68. The molecule has 0 aliphatic carbocycles. The Morgan fingerprint density at radius 3 is 2.42 bits per heavy atom. The fourth-order valence-electron chi connectivity index (χ4n) is 2.46. The summed E-state index contributed by atoms with van der Waals surface area (Å²) in [5, 5.41) is 2.66. The number of likely N-dealkylation sites (tertiary alicyclic amines) is 1. The van der Waals surface area contributed by atoms with Crippen molar-refractivity contribution in [3.63, 3.8) is 0 Å². The van der Waals surface area contributed by atoms with Gasteiger partial charge in [-0.25, -0.2) is 0 Å². The van der Waals surface area contributed by atoms with Crippen LogP contribution in [0.4, 0.5) is 0 Å². The van der Waals surface area contributed by atoms with Crippen molar-refractivity contribution in [2.75, 3.05) is 20.1 Å². The minimum absolute atomic E-state index is 0.0171. The van der Waals surface area contributed by atoms with E-state index in [0.717, 1.165) is 6.42 Å². The fraction of sp³-hybridized carbons (Fsp3) is 0.769. The summed E-state index contributed by atoms with van der Waals surface area (Å²) in [5.41, 5.74) is 5.65. The van der Waals surface area contributed by atoms with Crippen LogP contribution in [0.5, 0.6) is 0 Å². The molecule has 6 heteroatoms. The maximum Gasteiger partial charge on any atom is 0.232 e. The number of carbonyl (C=O) groups excluding carboxylic acids is 2. The number of thiocarbonyl (C=S) groups is 1. The van der Waals surface area contributed by atoms with Gasteiger partial charge in [0.15, 0.2) is 0 Å². The lowest BCUT2D eigenvalue weighted by molar-refractivity contribution is -0.137. The third-order valence-electron chi connectivity index (χ3n) is 3.64. The van der Waals surface area contributed by atoms with E-state index < -0.39 is 0 Å². The van der Waals surface area contributed by atoms with Crippen LogP contribution < -0.4 is 11.1 Å². The molecule has 0 bridgehead atoms. The number of rotatable bonds is 5. The molecule has 1 atom stereocenters. The molecule has 3 N–H and O–H groups in total. The summed E-state index contributed by atoms with van der Waals surface area (Å²) in [7, 11) is 1.64. The highest BCUT2D eigenvalue weighted by Gasteiger charge is 2.31. The number of nitrogens with zero attached hydrogens (tertiary/aromatic N) is 1. The Morgan fingerprint density at radius 2 is 2.00 bits per heavy atom. The van der Waals surface area contributed by atoms with Crippen LogP contribution in [0, 0.1) is 11.8 Å². The van der Waals surface area contributed by atoms with Gasteiger partial charge in [-0.2, -0.15) is 0 Å². The molecule has 0 radical (unpaired) electrons. The summed E-state index contributed by atoms with van der Waals surface area (Å²) < 4.78 is 0. The molecule has 5 nitrogen and oxygen atoms in total. The Hall–Kier alpha value is -1.17. The van der Waals surface area contributed by atoms with Crippen LogP contribution in [0.15, 0.2) is 0 Å². The van der Waals surface area contributed by atoms with Crippen molar-refractivity contribution in [1.29, 1.82) is 0 Å². The van der Waals surface area contributed by atoms with E-state index in [1.165, 1.54) is 0 Å². The molecular weight excluding hydrogens is 262 g/mol. The van der Waals surface area contributed by atoms with Gasteiger partial charge in [0, 0.05) is 26.1 Å².